The van der Waals surface area contributed by atoms with Gasteiger partial charge in [0.2, 0.25) is 0 Å². The van der Waals surface area contributed by atoms with Crippen molar-refractivity contribution in [3.63, 3.8) is 0 Å². The minimum atomic E-state index is 0.904. The van der Waals surface area contributed by atoms with Gasteiger partial charge in [-0.05, 0) is 19.2 Å². The maximum absolute atomic E-state index is 4.54. The second-order valence-corrected chi connectivity index (χ2v) is 6.04. The first-order valence-corrected chi connectivity index (χ1v) is 7.83. The van der Waals surface area contributed by atoms with Crippen LogP contribution in [0.3, 0.4) is 0 Å². The highest BCUT2D eigenvalue weighted by molar-refractivity contribution is 7.15. The summed E-state index contributed by atoms with van der Waals surface area (Å²) in [5.74, 6) is 0. The van der Waals surface area contributed by atoms with Crippen LogP contribution in [-0.4, -0.2) is 38.2 Å². The van der Waals surface area contributed by atoms with Crippen LogP contribution in [0.15, 0.2) is 36.5 Å². The Labute approximate surface area is 124 Å². The lowest BCUT2D eigenvalue weighted by Crippen LogP contribution is -2.46. The minimum absolute atomic E-state index is 0.904. The third-order valence-electron chi connectivity index (χ3n) is 3.56. The highest BCUT2D eigenvalue weighted by Crippen LogP contribution is 2.24. The van der Waals surface area contributed by atoms with E-state index in [1.165, 1.54) is 10.6 Å². The van der Waals surface area contributed by atoms with E-state index in [1.54, 1.807) is 11.3 Å². The van der Waals surface area contributed by atoms with Gasteiger partial charge in [0.1, 0.15) is 0 Å². The monoisotopic (exact) mass is 288 g/mol. The number of rotatable bonds is 4. The van der Waals surface area contributed by atoms with Gasteiger partial charge in [0.15, 0.2) is 5.13 Å². The van der Waals surface area contributed by atoms with E-state index in [1.807, 2.05) is 13.2 Å². The number of piperazine rings is 1. The lowest BCUT2D eigenvalue weighted by molar-refractivity contribution is 0.652. The Kier molecular flexibility index (Phi) is 4.18. The number of hydrogen-bond acceptors (Lipinski definition) is 5. The first-order chi connectivity index (χ1) is 9.86. The topological polar surface area (TPSA) is 31.4 Å². The Morgan fingerprint density at radius 3 is 2.50 bits per heavy atom. The number of aromatic nitrogens is 1. The molecule has 1 aromatic heterocycles. The van der Waals surface area contributed by atoms with Crippen molar-refractivity contribution < 1.29 is 0 Å². The normalized spacial score (nSPS) is 15.7. The first-order valence-electron chi connectivity index (χ1n) is 7.01. The van der Waals surface area contributed by atoms with E-state index < -0.39 is 0 Å². The zero-order chi connectivity index (χ0) is 13.8. The van der Waals surface area contributed by atoms with E-state index in [4.69, 9.17) is 0 Å². The van der Waals surface area contributed by atoms with Crippen LogP contribution in [0.2, 0.25) is 0 Å². The second kappa shape index (κ2) is 6.24. The van der Waals surface area contributed by atoms with Gasteiger partial charge in [-0.25, -0.2) is 4.98 Å². The Bertz CT molecular complexity index is 532. The lowest BCUT2D eigenvalue weighted by Gasteiger charge is -2.36. The van der Waals surface area contributed by atoms with Crippen LogP contribution in [0.5, 0.6) is 0 Å². The fourth-order valence-electron chi connectivity index (χ4n) is 2.49. The Hall–Kier alpha value is -1.59. The molecule has 1 saturated heterocycles. The Morgan fingerprint density at radius 1 is 1.10 bits per heavy atom. The van der Waals surface area contributed by atoms with Crippen molar-refractivity contribution in [2.75, 3.05) is 43.0 Å². The van der Waals surface area contributed by atoms with Crippen molar-refractivity contribution in [3.8, 4) is 0 Å². The quantitative estimate of drug-likeness (QED) is 0.934. The largest absolute Gasteiger partial charge is 0.368 e. The first kappa shape index (κ1) is 13.4. The van der Waals surface area contributed by atoms with E-state index in [0.717, 1.165) is 37.9 Å². The van der Waals surface area contributed by atoms with Gasteiger partial charge in [0.05, 0.1) is 0 Å². The standard InChI is InChI=1S/C15H20N4S/c1-16-11-14-12-17-15(20-14)19-9-7-18(8-10-19)13-5-3-2-4-6-13/h2-6,12,16H,7-11H2,1H3. The molecule has 1 aliphatic heterocycles. The average Bonchev–Trinajstić information content (AvgIpc) is 2.97. The minimum Gasteiger partial charge on any atom is -0.368 e. The van der Waals surface area contributed by atoms with Gasteiger partial charge in [-0.1, -0.05) is 18.2 Å². The molecule has 1 N–H and O–H groups in total. The fraction of sp³-hybridized carbons (Fsp3) is 0.400. The second-order valence-electron chi connectivity index (χ2n) is 4.95. The third-order valence-corrected chi connectivity index (χ3v) is 4.62. The number of para-hydroxylation sites is 1. The SMILES string of the molecule is CNCc1cnc(N2CCN(c3ccccc3)CC2)s1. The molecule has 0 bridgehead atoms. The molecule has 0 amide bonds. The molecule has 0 radical (unpaired) electrons. The molecule has 1 fully saturated rings. The summed E-state index contributed by atoms with van der Waals surface area (Å²) in [4.78, 5) is 10.7. The summed E-state index contributed by atoms with van der Waals surface area (Å²) in [6, 6.07) is 10.6. The molecule has 2 heterocycles. The molecule has 1 aromatic carbocycles. The van der Waals surface area contributed by atoms with Gasteiger partial charge in [-0.15, -0.1) is 11.3 Å². The molecule has 3 rings (SSSR count). The summed E-state index contributed by atoms with van der Waals surface area (Å²) in [5, 5.41) is 4.33. The number of benzene rings is 1. The molecular formula is C15H20N4S. The van der Waals surface area contributed by atoms with Crippen LogP contribution >= 0.6 is 11.3 Å². The number of nitrogens with zero attached hydrogens (tertiary/aromatic N) is 3. The zero-order valence-corrected chi connectivity index (χ0v) is 12.6. The summed E-state index contributed by atoms with van der Waals surface area (Å²) < 4.78 is 0. The molecule has 0 saturated carbocycles. The smallest absolute Gasteiger partial charge is 0.185 e. The number of nitrogens with one attached hydrogen (secondary N) is 1. The molecule has 5 heteroatoms. The predicted molar refractivity (Wildman–Crippen MR) is 85.7 cm³/mol. The summed E-state index contributed by atoms with van der Waals surface area (Å²) in [6.45, 7) is 5.11. The van der Waals surface area contributed by atoms with Gasteiger partial charge in [-0.3, -0.25) is 0 Å². The summed E-state index contributed by atoms with van der Waals surface area (Å²) in [6.07, 6.45) is 1.99. The molecule has 20 heavy (non-hydrogen) atoms. The third kappa shape index (κ3) is 2.94. The van der Waals surface area contributed by atoms with Crippen LogP contribution in [-0.2, 0) is 6.54 Å². The van der Waals surface area contributed by atoms with E-state index in [9.17, 15) is 0 Å². The summed E-state index contributed by atoms with van der Waals surface area (Å²) in [5.41, 5.74) is 1.32. The fourth-order valence-corrected chi connectivity index (χ4v) is 3.47. The molecule has 0 aliphatic carbocycles. The molecule has 1 aliphatic rings. The van der Waals surface area contributed by atoms with Gasteiger partial charge in [0, 0.05) is 49.5 Å². The van der Waals surface area contributed by atoms with Crippen LogP contribution in [0.4, 0.5) is 10.8 Å². The van der Waals surface area contributed by atoms with Crippen LogP contribution in [0.25, 0.3) is 0 Å². The predicted octanol–water partition coefficient (Wildman–Crippen LogP) is 2.19. The summed E-state index contributed by atoms with van der Waals surface area (Å²) >= 11 is 1.79. The van der Waals surface area contributed by atoms with Gasteiger partial charge < -0.3 is 15.1 Å². The lowest BCUT2D eigenvalue weighted by atomic mass is 10.2. The molecule has 0 unspecified atom stereocenters. The Balaban J connectivity index is 1.60. The van der Waals surface area contributed by atoms with Crippen molar-refractivity contribution in [2.45, 2.75) is 6.54 Å². The molecule has 2 aromatic rings. The van der Waals surface area contributed by atoms with Gasteiger partial charge >= 0.3 is 0 Å². The van der Waals surface area contributed by atoms with Crippen molar-refractivity contribution in [3.05, 3.63) is 41.4 Å². The number of thiazole rings is 1. The number of anilines is 2. The molecule has 0 spiro atoms. The summed E-state index contributed by atoms with van der Waals surface area (Å²) in [7, 11) is 1.97. The molecule has 0 atom stereocenters. The van der Waals surface area contributed by atoms with Crippen molar-refractivity contribution >= 4 is 22.2 Å². The average molecular weight is 288 g/mol. The van der Waals surface area contributed by atoms with Crippen LogP contribution in [0, 0.1) is 0 Å². The van der Waals surface area contributed by atoms with Gasteiger partial charge in [0.25, 0.3) is 0 Å². The molecular weight excluding hydrogens is 268 g/mol. The van der Waals surface area contributed by atoms with Gasteiger partial charge in [-0.2, -0.15) is 0 Å². The van der Waals surface area contributed by atoms with Crippen molar-refractivity contribution in [1.82, 2.24) is 10.3 Å². The Morgan fingerprint density at radius 2 is 1.80 bits per heavy atom. The van der Waals surface area contributed by atoms with Crippen LogP contribution in [0.1, 0.15) is 4.88 Å². The maximum Gasteiger partial charge on any atom is 0.185 e. The van der Waals surface area contributed by atoms with E-state index in [0.29, 0.717) is 0 Å². The van der Waals surface area contributed by atoms with Crippen LogP contribution < -0.4 is 15.1 Å². The number of hydrogen-bond donors (Lipinski definition) is 1. The molecule has 106 valence electrons. The highest BCUT2D eigenvalue weighted by Gasteiger charge is 2.19. The van der Waals surface area contributed by atoms with E-state index in [-0.39, 0.29) is 0 Å². The maximum atomic E-state index is 4.54. The van der Waals surface area contributed by atoms with E-state index >= 15 is 0 Å². The van der Waals surface area contributed by atoms with E-state index in [2.05, 4.69) is 50.4 Å². The highest BCUT2D eigenvalue weighted by atomic mass is 32.1. The zero-order valence-electron chi connectivity index (χ0n) is 11.7. The van der Waals surface area contributed by atoms with Crippen molar-refractivity contribution in [2.24, 2.45) is 0 Å². The molecule has 4 nitrogen and oxygen atoms in total. The van der Waals surface area contributed by atoms with Crippen molar-refractivity contribution in [1.29, 1.82) is 0 Å².